The Labute approximate surface area is 153 Å². The summed E-state index contributed by atoms with van der Waals surface area (Å²) in [4.78, 5) is 18.0. The standard InChI is InChI=1S/C18H16N2O3S2/c1-4-23-18(21)15-10(2)20-17(25-15)14-7-12-5-11(9-22-3)6-13(8-19)16(12)24-14/h5-7H,4,9H2,1-3H3. The molecule has 1 aromatic carbocycles. The Balaban J connectivity index is 2.07. The normalized spacial score (nSPS) is 10.8. The number of rotatable bonds is 5. The fraction of sp³-hybridized carbons (Fsp3) is 0.278. The molecule has 2 aromatic heterocycles. The predicted molar refractivity (Wildman–Crippen MR) is 99.1 cm³/mol. The number of carbonyl (C=O) groups excluding carboxylic acids is 1. The van der Waals surface area contributed by atoms with Gasteiger partial charge >= 0.3 is 5.97 Å². The van der Waals surface area contributed by atoms with Crippen molar-refractivity contribution in [3.05, 3.63) is 39.9 Å². The van der Waals surface area contributed by atoms with Crippen LogP contribution < -0.4 is 0 Å². The van der Waals surface area contributed by atoms with Crippen molar-refractivity contribution < 1.29 is 14.3 Å². The number of aryl methyl sites for hydroxylation is 1. The van der Waals surface area contributed by atoms with E-state index in [1.54, 1.807) is 21.0 Å². The molecular weight excluding hydrogens is 356 g/mol. The van der Waals surface area contributed by atoms with Gasteiger partial charge in [-0.25, -0.2) is 9.78 Å². The van der Waals surface area contributed by atoms with E-state index in [2.05, 4.69) is 11.1 Å². The monoisotopic (exact) mass is 372 g/mol. The molecule has 0 bridgehead atoms. The Bertz CT molecular complexity index is 982. The highest BCUT2D eigenvalue weighted by Crippen LogP contribution is 2.38. The lowest BCUT2D eigenvalue weighted by molar-refractivity contribution is 0.0531. The molecule has 25 heavy (non-hydrogen) atoms. The van der Waals surface area contributed by atoms with Gasteiger partial charge in [0.1, 0.15) is 16.0 Å². The molecule has 0 aliphatic carbocycles. The number of esters is 1. The van der Waals surface area contributed by atoms with Crippen LogP contribution in [0.3, 0.4) is 0 Å². The number of methoxy groups -OCH3 is 1. The number of carbonyl (C=O) groups is 1. The van der Waals surface area contributed by atoms with Crippen LogP contribution in [0.25, 0.3) is 20.0 Å². The van der Waals surface area contributed by atoms with E-state index in [1.807, 2.05) is 18.2 Å². The Morgan fingerprint density at radius 2 is 2.12 bits per heavy atom. The van der Waals surface area contributed by atoms with Gasteiger partial charge in [-0.2, -0.15) is 5.26 Å². The van der Waals surface area contributed by atoms with Crippen LogP contribution in [0.2, 0.25) is 0 Å². The largest absolute Gasteiger partial charge is 0.462 e. The third-order valence-electron chi connectivity index (χ3n) is 3.58. The van der Waals surface area contributed by atoms with E-state index < -0.39 is 0 Å². The van der Waals surface area contributed by atoms with Gasteiger partial charge in [-0.3, -0.25) is 0 Å². The first-order valence-electron chi connectivity index (χ1n) is 7.67. The number of aromatic nitrogens is 1. The van der Waals surface area contributed by atoms with Crippen molar-refractivity contribution in [1.82, 2.24) is 4.98 Å². The van der Waals surface area contributed by atoms with Crippen molar-refractivity contribution in [1.29, 1.82) is 5.26 Å². The van der Waals surface area contributed by atoms with E-state index in [1.165, 1.54) is 22.7 Å². The van der Waals surface area contributed by atoms with Crippen LogP contribution in [0, 0.1) is 18.3 Å². The molecule has 0 saturated carbocycles. The minimum Gasteiger partial charge on any atom is -0.462 e. The molecule has 3 aromatic rings. The van der Waals surface area contributed by atoms with Gasteiger partial charge in [-0.15, -0.1) is 22.7 Å². The fourth-order valence-electron chi connectivity index (χ4n) is 2.54. The number of nitrogens with zero attached hydrogens (tertiary/aromatic N) is 2. The summed E-state index contributed by atoms with van der Waals surface area (Å²) < 4.78 is 11.2. The van der Waals surface area contributed by atoms with Crippen molar-refractivity contribution in [2.75, 3.05) is 13.7 Å². The van der Waals surface area contributed by atoms with E-state index in [0.717, 1.165) is 25.5 Å². The molecule has 0 N–H and O–H groups in total. The second-order valence-electron chi connectivity index (χ2n) is 5.37. The zero-order valence-corrected chi connectivity index (χ0v) is 15.7. The van der Waals surface area contributed by atoms with Gasteiger partial charge in [-0.05, 0) is 43.0 Å². The Morgan fingerprint density at radius 1 is 1.32 bits per heavy atom. The first-order chi connectivity index (χ1) is 12.1. The molecule has 0 radical (unpaired) electrons. The van der Waals surface area contributed by atoms with Crippen LogP contribution in [0.15, 0.2) is 18.2 Å². The second kappa shape index (κ2) is 7.31. The summed E-state index contributed by atoms with van der Waals surface area (Å²) in [6, 6.07) is 8.13. The average Bonchev–Trinajstić information content (AvgIpc) is 3.18. The molecule has 2 heterocycles. The SMILES string of the molecule is CCOC(=O)c1sc(-c2cc3cc(COC)cc(C#N)c3s2)nc1C. The van der Waals surface area contributed by atoms with Crippen LogP contribution in [-0.2, 0) is 16.1 Å². The maximum absolute atomic E-state index is 12.0. The van der Waals surface area contributed by atoms with Crippen LogP contribution in [0.1, 0.15) is 33.4 Å². The zero-order valence-electron chi connectivity index (χ0n) is 14.1. The van der Waals surface area contributed by atoms with Gasteiger partial charge in [0.25, 0.3) is 0 Å². The van der Waals surface area contributed by atoms with Gasteiger partial charge in [0.05, 0.1) is 34.0 Å². The minimum absolute atomic E-state index is 0.336. The Morgan fingerprint density at radius 3 is 2.80 bits per heavy atom. The van der Waals surface area contributed by atoms with Crippen molar-refractivity contribution in [3.8, 4) is 16.0 Å². The first-order valence-corrected chi connectivity index (χ1v) is 9.31. The highest BCUT2D eigenvalue weighted by Gasteiger charge is 2.19. The summed E-state index contributed by atoms with van der Waals surface area (Å²) in [5, 5.41) is 11.2. The molecule has 5 nitrogen and oxygen atoms in total. The van der Waals surface area contributed by atoms with E-state index >= 15 is 0 Å². The molecule has 0 saturated heterocycles. The summed E-state index contributed by atoms with van der Waals surface area (Å²) in [6.45, 7) is 4.38. The third-order valence-corrected chi connectivity index (χ3v) is 6.07. The molecule has 0 spiro atoms. The number of ether oxygens (including phenoxy) is 2. The van der Waals surface area contributed by atoms with E-state index in [0.29, 0.717) is 29.3 Å². The number of nitriles is 1. The number of hydrogen-bond acceptors (Lipinski definition) is 7. The number of thiophene rings is 1. The summed E-state index contributed by atoms with van der Waals surface area (Å²) >= 11 is 2.83. The molecule has 0 aliphatic rings. The summed E-state index contributed by atoms with van der Waals surface area (Å²) in [7, 11) is 1.63. The minimum atomic E-state index is -0.343. The highest BCUT2D eigenvalue weighted by atomic mass is 32.1. The lowest BCUT2D eigenvalue weighted by Gasteiger charge is -2.01. The first kappa shape index (κ1) is 17.5. The van der Waals surface area contributed by atoms with Crippen LogP contribution >= 0.6 is 22.7 Å². The lowest BCUT2D eigenvalue weighted by Crippen LogP contribution is -2.03. The van der Waals surface area contributed by atoms with Crippen LogP contribution in [0.5, 0.6) is 0 Å². The third kappa shape index (κ3) is 3.42. The molecule has 0 atom stereocenters. The lowest BCUT2D eigenvalue weighted by atomic mass is 10.1. The quantitative estimate of drug-likeness (QED) is 0.615. The van der Waals surface area contributed by atoms with Gasteiger partial charge in [0.2, 0.25) is 0 Å². The Hall–Kier alpha value is -2.27. The van der Waals surface area contributed by atoms with Gasteiger partial charge < -0.3 is 9.47 Å². The van der Waals surface area contributed by atoms with Gasteiger partial charge in [0.15, 0.2) is 0 Å². The van der Waals surface area contributed by atoms with Crippen LogP contribution in [-0.4, -0.2) is 24.7 Å². The fourth-order valence-corrected chi connectivity index (χ4v) is 4.65. The average molecular weight is 372 g/mol. The molecule has 0 fully saturated rings. The number of benzene rings is 1. The molecule has 7 heteroatoms. The second-order valence-corrected chi connectivity index (χ2v) is 7.42. The number of fused-ring (bicyclic) bond motifs is 1. The van der Waals surface area contributed by atoms with Crippen molar-refractivity contribution in [3.63, 3.8) is 0 Å². The van der Waals surface area contributed by atoms with Crippen LogP contribution in [0.4, 0.5) is 0 Å². The molecule has 0 unspecified atom stereocenters. The van der Waals surface area contributed by atoms with Gasteiger partial charge in [0, 0.05) is 7.11 Å². The maximum Gasteiger partial charge on any atom is 0.350 e. The van der Waals surface area contributed by atoms with Gasteiger partial charge in [-0.1, -0.05) is 0 Å². The summed E-state index contributed by atoms with van der Waals surface area (Å²) in [6.07, 6.45) is 0. The summed E-state index contributed by atoms with van der Waals surface area (Å²) in [5.41, 5.74) is 2.25. The van der Waals surface area contributed by atoms with E-state index in [9.17, 15) is 10.1 Å². The summed E-state index contributed by atoms with van der Waals surface area (Å²) in [5.74, 6) is -0.343. The van der Waals surface area contributed by atoms with Crippen molar-refractivity contribution >= 4 is 38.7 Å². The maximum atomic E-state index is 12.0. The number of hydrogen-bond donors (Lipinski definition) is 0. The molecule has 0 amide bonds. The smallest absolute Gasteiger partial charge is 0.350 e. The highest BCUT2D eigenvalue weighted by molar-refractivity contribution is 7.26. The predicted octanol–water partition coefficient (Wildman–Crippen LogP) is 4.53. The molecule has 0 aliphatic heterocycles. The molecule has 128 valence electrons. The number of thiazole rings is 1. The topological polar surface area (TPSA) is 72.2 Å². The molecular formula is C18H16N2O3S2. The van der Waals surface area contributed by atoms with E-state index in [-0.39, 0.29) is 5.97 Å². The van der Waals surface area contributed by atoms with Crippen molar-refractivity contribution in [2.45, 2.75) is 20.5 Å². The van der Waals surface area contributed by atoms with Crippen molar-refractivity contribution in [2.24, 2.45) is 0 Å². The zero-order chi connectivity index (χ0) is 18.0. The van der Waals surface area contributed by atoms with E-state index in [4.69, 9.17) is 9.47 Å². The molecule has 3 rings (SSSR count). The Kier molecular flexibility index (Phi) is 5.13.